The summed E-state index contributed by atoms with van der Waals surface area (Å²) in [6.07, 6.45) is -0.728. The molecule has 6 nitrogen and oxygen atoms in total. The average molecular weight is 485 g/mol. The van der Waals surface area contributed by atoms with E-state index in [1.54, 1.807) is 59.7 Å². The van der Waals surface area contributed by atoms with E-state index >= 15 is 8.78 Å². The molecule has 1 aromatic heterocycles. The number of aromatic nitrogens is 1. The number of fused-ring (bicyclic) bond motifs is 1. The maximum atomic E-state index is 15.2. The van der Waals surface area contributed by atoms with Crippen LogP contribution < -0.4 is 10.1 Å². The third-order valence-electron chi connectivity index (χ3n) is 5.30. The highest BCUT2D eigenvalue weighted by Gasteiger charge is 2.30. The van der Waals surface area contributed by atoms with Crippen LogP contribution in [-0.2, 0) is 10.3 Å². The van der Waals surface area contributed by atoms with Crippen LogP contribution in [0.4, 0.5) is 13.6 Å². The lowest BCUT2D eigenvalue weighted by Crippen LogP contribution is -2.44. The molecule has 0 unspecified atom stereocenters. The molecule has 8 heteroatoms. The van der Waals surface area contributed by atoms with Crippen molar-refractivity contribution in [2.24, 2.45) is 0 Å². The van der Waals surface area contributed by atoms with Crippen LogP contribution in [0.5, 0.6) is 5.88 Å². The number of carbonyl (C=O) groups excluding carboxylic acids is 2. The van der Waals surface area contributed by atoms with E-state index in [1.165, 1.54) is 6.07 Å². The molecular weight excluding hydrogens is 454 g/mol. The molecule has 0 atom stereocenters. The van der Waals surface area contributed by atoms with Gasteiger partial charge in [0.15, 0.2) is 5.78 Å². The van der Waals surface area contributed by atoms with Crippen LogP contribution >= 0.6 is 0 Å². The molecule has 35 heavy (non-hydrogen) atoms. The molecule has 0 aliphatic carbocycles. The summed E-state index contributed by atoms with van der Waals surface area (Å²) in [4.78, 5) is 29.9. The van der Waals surface area contributed by atoms with E-state index in [1.807, 2.05) is 6.92 Å². The number of nitrogens with one attached hydrogen (secondary N) is 1. The number of hydrogen-bond donors (Lipinski definition) is 1. The summed E-state index contributed by atoms with van der Waals surface area (Å²) < 4.78 is 41.3. The summed E-state index contributed by atoms with van der Waals surface area (Å²) >= 11 is 0. The van der Waals surface area contributed by atoms with Gasteiger partial charge in [0.1, 0.15) is 17.2 Å². The van der Waals surface area contributed by atoms with Gasteiger partial charge in [-0.05, 0) is 78.3 Å². The van der Waals surface area contributed by atoms with Crippen molar-refractivity contribution in [1.29, 1.82) is 0 Å². The molecule has 0 fully saturated rings. The van der Waals surface area contributed by atoms with Crippen LogP contribution in [0.1, 0.15) is 68.7 Å². The quantitative estimate of drug-likeness (QED) is 0.421. The van der Waals surface area contributed by atoms with Gasteiger partial charge in [-0.25, -0.2) is 18.6 Å². The lowest BCUT2D eigenvalue weighted by molar-refractivity contribution is 0.0469. The Morgan fingerprint density at radius 2 is 1.63 bits per heavy atom. The molecule has 186 valence electrons. The van der Waals surface area contributed by atoms with Crippen LogP contribution in [0.3, 0.4) is 0 Å². The fourth-order valence-corrected chi connectivity index (χ4v) is 3.73. The largest absolute Gasteiger partial charge is 0.478 e. The molecule has 3 aromatic rings. The van der Waals surface area contributed by atoms with Gasteiger partial charge in [-0.2, -0.15) is 0 Å². The van der Waals surface area contributed by atoms with E-state index < -0.39 is 40.2 Å². The Balaban J connectivity index is 2.03. The summed E-state index contributed by atoms with van der Waals surface area (Å²) in [5, 5.41) is 3.67. The molecule has 0 aliphatic heterocycles. The Hall–Kier alpha value is -3.55. The smallest absolute Gasteiger partial charge is 0.408 e. The first-order valence-corrected chi connectivity index (χ1v) is 11.3. The number of rotatable bonds is 6. The number of aryl methyl sites for hydroxylation is 1. The molecule has 1 heterocycles. The minimum Gasteiger partial charge on any atom is -0.478 e. The number of carbonyl (C=O) groups is 2. The van der Waals surface area contributed by atoms with E-state index in [-0.39, 0.29) is 11.1 Å². The maximum absolute atomic E-state index is 15.2. The topological polar surface area (TPSA) is 77.5 Å². The van der Waals surface area contributed by atoms with Crippen LogP contribution in [0.15, 0.2) is 36.4 Å². The molecule has 0 saturated heterocycles. The van der Waals surface area contributed by atoms with Crippen molar-refractivity contribution in [3.63, 3.8) is 0 Å². The van der Waals surface area contributed by atoms with Crippen molar-refractivity contribution in [2.45, 2.75) is 59.6 Å². The summed E-state index contributed by atoms with van der Waals surface area (Å²) in [7, 11) is 0. The minimum absolute atomic E-state index is 0.130. The number of ketones is 1. The monoisotopic (exact) mass is 484 g/mol. The van der Waals surface area contributed by atoms with Gasteiger partial charge >= 0.3 is 6.09 Å². The Kier molecular flexibility index (Phi) is 7.15. The molecule has 1 amide bonds. The van der Waals surface area contributed by atoms with Gasteiger partial charge in [-0.1, -0.05) is 12.1 Å². The number of alkyl carbamates (subject to hydrolysis) is 1. The van der Waals surface area contributed by atoms with E-state index in [0.29, 0.717) is 29.0 Å². The fourth-order valence-electron chi connectivity index (χ4n) is 3.73. The van der Waals surface area contributed by atoms with E-state index in [0.717, 1.165) is 12.1 Å². The standard InChI is InChI=1S/C27H30F2N2O4/c1-8-34-24-18-11-9-10-17(19(18)12-15(2)30-24)23(32)22-20(28)13-16(14-21(22)29)27(6,7)31-25(33)35-26(3,4)5/h9-14H,8H2,1-7H3,(H,31,33). The van der Waals surface area contributed by atoms with Gasteiger partial charge in [0.25, 0.3) is 0 Å². The molecule has 0 bridgehead atoms. The first-order chi connectivity index (χ1) is 16.2. The number of halogens is 2. The van der Waals surface area contributed by atoms with Gasteiger partial charge in [-0.3, -0.25) is 4.79 Å². The van der Waals surface area contributed by atoms with Crippen LogP contribution in [0, 0.1) is 18.6 Å². The van der Waals surface area contributed by atoms with Crippen LogP contribution in [-0.4, -0.2) is 29.1 Å². The van der Waals surface area contributed by atoms with E-state index in [2.05, 4.69) is 10.3 Å². The highest BCUT2D eigenvalue weighted by atomic mass is 19.1. The lowest BCUT2D eigenvalue weighted by atomic mass is 9.90. The number of nitrogens with zero attached hydrogens (tertiary/aromatic N) is 1. The highest BCUT2D eigenvalue weighted by Crippen LogP contribution is 2.31. The number of pyridine rings is 1. The summed E-state index contributed by atoms with van der Waals surface area (Å²) in [6.45, 7) is 12.2. The van der Waals surface area contributed by atoms with Gasteiger partial charge in [0.05, 0.1) is 17.7 Å². The molecule has 0 saturated carbocycles. The van der Waals surface area contributed by atoms with E-state index in [4.69, 9.17) is 9.47 Å². The summed E-state index contributed by atoms with van der Waals surface area (Å²) in [5.74, 6) is -2.51. The average Bonchev–Trinajstić information content (AvgIpc) is 2.71. The van der Waals surface area contributed by atoms with E-state index in [9.17, 15) is 9.59 Å². The van der Waals surface area contributed by atoms with Crippen LogP contribution in [0.2, 0.25) is 0 Å². The third-order valence-corrected chi connectivity index (χ3v) is 5.30. The van der Waals surface area contributed by atoms with Gasteiger partial charge in [0, 0.05) is 22.0 Å². The predicted octanol–water partition coefficient (Wildman–Crippen LogP) is 6.21. The molecule has 1 N–H and O–H groups in total. The zero-order valence-corrected chi connectivity index (χ0v) is 21.0. The second-order valence-electron chi connectivity index (χ2n) is 9.80. The van der Waals surface area contributed by atoms with Gasteiger partial charge in [0.2, 0.25) is 5.88 Å². The second-order valence-corrected chi connectivity index (χ2v) is 9.80. The number of amides is 1. The Morgan fingerprint density at radius 1 is 1.00 bits per heavy atom. The Morgan fingerprint density at radius 3 is 2.20 bits per heavy atom. The Labute approximate surface area is 203 Å². The summed E-state index contributed by atoms with van der Waals surface area (Å²) in [5.41, 5.74) is -1.70. The fraction of sp³-hybridized carbons (Fsp3) is 0.370. The minimum atomic E-state index is -1.17. The third kappa shape index (κ3) is 5.75. The van der Waals surface area contributed by atoms with Crippen molar-refractivity contribution in [1.82, 2.24) is 10.3 Å². The first-order valence-electron chi connectivity index (χ1n) is 11.3. The molecule has 3 rings (SSSR count). The van der Waals surface area contributed by atoms with Crippen LogP contribution in [0.25, 0.3) is 10.8 Å². The SMILES string of the molecule is CCOc1nc(C)cc2c(C(=O)c3c(F)cc(C(C)(C)NC(=O)OC(C)(C)C)cc3F)cccc12. The van der Waals surface area contributed by atoms with Crippen molar-refractivity contribution in [2.75, 3.05) is 6.61 Å². The number of hydrogen-bond acceptors (Lipinski definition) is 5. The molecule has 0 radical (unpaired) electrons. The Bertz CT molecular complexity index is 1270. The molecule has 0 spiro atoms. The molecule has 0 aliphatic rings. The highest BCUT2D eigenvalue weighted by molar-refractivity contribution is 6.17. The van der Waals surface area contributed by atoms with Crippen molar-refractivity contribution >= 4 is 22.6 Å². The lowest BCUT2D eigenvalue weighted by Gasteiger charge is -2.29. The number of benzene rings is 2. The normalized spacial score (nSPS) is 11.9. The molecular formula is C27H30F2N2O4. The molecule has 2 aromatic carbocycles. The summed E-state index contributed by atoms with van der Waals surface area (Å²) in [6, 6.07) is 8.66. The van der Waals surface area contributed by atoms with Gasteiger partial charge in [-0.15, -0.1) is 0 Å². The predicted molar refractivity (Wildman–Crippen MR) is 130 cm³/mol. The zero-order valence-electron chi connectivity index (χ0n) is 21.0. The van der Waals surface area contributed by atoms with Gasteiger partial charge < -0.3 is 14.8 Å². The maximum Gasteiger partial charge on any atom is 0.408 e. The number of ether oxygens (including phenoxy) is 2. The first kappa shape index (κ1) is 26.1. The zero-order chi connectivity index (χ0) is 26.1. The van der Waals surface area contributed by atoms with Crippen molar-refractivity contribution in [3.8, 4) is 5.88 Å². The second kappa shape index (κ2) is 9.60. The van der Waals surface area contributed by atoms with Crippen molar-refractivity contribution in [3.05, 3.63) is 70.4 Å². The van der Waals surface area contributed by atoms with Crippen molar-refractivity contribution < 1.29 is 27.8 Å².